The average molecular weight is 447 g/mol. The number of unbranched alkanes of at least 4 members (excludes halogenated alkanes) is 14. The molecule has 0 aliphatic carbocycles. The van der Waals surface area contributed by atoms with Gasteiger partial charge in [0.1, 0.15) is 24.8 Å². The van der Waals surface area contributed by atoms with E-state index in [1.165, 1.54) is 116 Å². The highest BCUT2D eigenvalue weighted by molar-refractivity contribution is 4.66. The fraction of sp³-hybridized carbons (Fsp3) is 0.786. The molecule has 0 saturated heterocycles. The maximum atomic E-state index is 2.28. The molecule has 0 unspecified atom stereocenters. The van der Waals surface area contributed by atoms with Crippen molar-refractivity contribution in [1.29, 1.82) is 0 Å². The van der Waals surface area contributed by atoms with Crippen molar-refractivity contribution in [1.82, 2.24) is 9.13 Å². The van der Waals surface area contributed by atoms with Crippen molar-refractivity contribution >= 4 is 0 Å². The van der Waals surface area contributed by atoms with Crippen LogP contribution in [0.25, 0.3) is 0 Å². The Hall–Kier alpha value is -1.58. The summed E-state index contributed by atoms with van der Waals surface area (Å²) < 4.78 is 8.75. The molecular formula is C28H54N4+2. The zero-order valence-corrected chi connectivity index (χ0v) is 22.0. The van der Waals surface area contributed by atoms with Crippen LogP contribution in [0.5, 0.6) is 0 Å². The van der Waals surface area contributed by atoms with Gasteiger partial charge in [-0.15, -0.1) is 0 Å². The molecular weight excluding hydrogens is 392 g/mol. The monoisotopic (exact) mass is 446 g/mol. The van der Waals surface area contributed by atoms with Crippen molar-refractivity contribution in [3.05, 3.63) is 37.4 Å². The van der Waals surface area contributed by atoms with Gasteiger partial charge in [0.15, 0.2) is 0 Å². The zero-order chi connectivity index (χ0) is 23.3. The van der Waals surface area contributed by atoms with Crippen molar-refractivity contribution in [3.8, 4) is 0 Å². The maximum Gasteiger partial charge on any atom is 0.243 e. The molecule has 0 aromatic carbocycles. The van der Waals surface area contributed by atoms with Crippen LogP contribution >= 0.6 is 0 Å². The summed E-state index contributed by atoms with van der Waals surface area (Å²) in [5.74, 6) is 0. The third kappa shape index (κ3) is 16.1. The highest BCUT2D eigenvalue weighted by Gasteiger charge is 2.00. The minimum absolute atomic E-state index is 1.17. The molecule has 2 aromatic heterocycles. The molecule has 0 amide bonds. The molecule has 0 fully saturated rings. The number of aromatic nitrogens is 4. The highest BCUT2D eigenvalue weighted by Crippen LogP contribution is 2.10. The quantitative estimate of drug-likeness (QED) is 0.175. The molecule has 184 valence electrons. The number of aryl methyl sites for hydroxylation is 4. The first-order valence-corrected chi connectivity index (χ1v) is 13.7. The van der Waals surface area contributed by atoms with Gasteiger partial charge in [-0.2, -0.15) is 0 Å². The fourth-order valence-corrected chi connectivity index (χ4v) is 4.12. The molecule has 2 heterocycles. The van der Waals surface area contributed by atoms with Gasteiger partial charge in [0, 0.05) is 0 Å². The normalized spacial score (nSPS) is 10.9. The molecule has 4 heteroatoms. The van der Waals surface area contributed by atoms with Crippen LogP contribution < -0.4 is 9.13 Å². The van der Waals surface area contributed by atoms with Gasteiger partial charge in [-0.3, -0.25) is 0 Å². The van der Waals surface area contributed by atoms with Crippen LogP contribution in [-0.2, 0) is 27.2 Å². The summed E-state index contributed by atoms with van der Waals surface area (Å²) in [5, 5.41) is 0. The summed E-state index contributed by atoms with van der Waals surface area (Å²) in [5.41, 5.74) is 0. The summed E-state index contributed by atoms with van der Waals surface area (Å²) in [6.07, 6.45) is 35.2. The Morgan fingerprint density at radius 3 is 1.06 bits per heavy atom. The predicted molar refractivity (Wildman–Crippen MR) is 136 cm³/mol. The molecule has 0 aliphatic rings. The molecule has 0 aliphatic heterocycles. The average Bonchev–Trinajstić information content (AvgIpc) is 3.40. The van der Waals surface area contributed by atoms with E-state index in [0.717, 1.165) is 0 Å². The maximum absolute atomic E-state index is 2.28. The van der Waals surface area contributed by atoms with Gasteiger partial charge >= 0.3 is 0 Å². The highest BCUT2D eigenvalue weighted by atomic mass is 15.1. The number of hydrogen-bond acceptors (Lipinski definition) is 0. The first kappa shape index (κ1) is 28.5. The van der Waals surface area contributed by atoms with Crippen molar-refractivity contribution in [2.75, 3.05) is 0 Å². The van der Waals surface area contributed by atoms with Gasteiger partial charge in [-0.25, -0.2) is 18.3 Å². The number of rotatable bonds is 18. The molecule has 0 atom stereocenters. The van der Waals surface area contributed by atoms with Gasteiger partial charge < -0.3 is 0 Å². The third-order valence-corrected chi connectivity index (χ3v) is 6.19. The van der Waals surface area contributed by atoms with E-state index in [-0.39, 0.29) is 0 Å². The summed E-state index contributed by atoms with van der Waals surface area (Å²) in [7, 11) is 4.15. The summed E-state index contributed by atoms with van der Waals surface area (Å²) in [6, 6.07) is 0. The van der Waals surface area contributed by atoms with Gasteiger partial charge in [0.25, 0.3) is 0 Å². The van der Waals surface area contributed by atoms with Gasteiger partial charge in [0.2, 0.25) is 12.7 Å². The van der Waals surface area contributed by atoms with Gasteiger partial charge in [-0.1, -0.05) is 90.9 Å². The summed E-state index contributed by atoms with van der Waals surface area (Å²) in [4.78, 5) is 0. The Bertz CT molecular complexity index is 643. The zero-order valence-electron chi connectivity index (χ0n) is 22.0. The Morgan fingerprint density at radius 1 is 0.469 bits per heavy atom. The first-order chi connectivity index (χ1) is 15.7. The minimum atomic E-state index is 1.17. The molecule has 0 spiro atoms. The first-order valence-electron chi connectivity index (χ1n) is 13.7. The van der Waals surface area contributed by atoms with E-state index >= 15 is 0 Å². The second-order valence-corrected chi connectivity index (χ2v) is 9.58. The Balaban J connectivity index is 0.000000330. The molecule has 0 saturated carbocycles. The second-order valence-electron chi connectivity index (χ2n) is 9.58. The molecule has 4 nitrogen and oxygen atoms in total. The number of hydrogen-bond donors (Lipinski definition) is 0. The lowest BCUT2D eigenvalue weighted by atomic mass is 10.1. The Kier molecular flexibility index (Phi) is 17.8. The van der Waals surface area contributed by atoms with E-state index in [4.69, 9.17) is 0 Å². The molecule has 2 rings (SSSR count). The van der Waals surface area contributed by atoms with Crippen molar-refractivity contribution < 1.29 is 9.13 Å². The minimum Gasteiger partial charge on any atom is -0.240 e. The molecule has 0 radical (unpaired) electrons. The van der Waals surface area contributed by atoms with Crippen LogP contribution in [-0.4, -0.2) is 9.13 Å². The SMILES string of the molecule is CCCCCCCCCCCCn1cc[n+](C)c1.CCCCCCCCn1cc[n+](C)c1. The van der Waals surface area contributed by atoms with Crippen LogP contribution in [0.2, 0.25) is 0 Å². The van der Waals surface area contributed by atoms with Crippen LogP contribution in [0.15, 0.2) is 37.4 Å². The van der Waals surface area contributed by atoms with Crippen molar-refractivity contribution in [2.24, 2.45) is 14.1 Å². The van der Waals surface area contributed by atoms with Gasteiger partial charge in [0.05, 0.1) is 27.2 Å². The predicted octanol–water partition coefficient (Wildman–Crippen LogP) is 6.91. The van der Waals surface area contributed by atoms with Crippen molar-refractivity contribution in [3.63, 3.8) is 0 Å². The third-order valence-electron chi connectivity index (χ3n) is 6.19. The van der Waals surface area contributed by atoms with E-state index in [9.17, 15) is 0 Å². The number of imidazole rings is 2. The molecule has 0 N–H and O–H groups in total. The Morgan fingerprint density at radius 2 is 0.781 bits per heavy atom. The van der Waals surface area contributed by atoms with Crippen molar-refractivity contribution in [2.45, 2.75) is 130 Å². The topological polar surface area (TPSA) is 17.6 Å². The lowest BCUT2D eigenvalue weighted by Crippen LogP contribution is -2.23. The van der Waals surface area contributed by atoms with Crippen LogP contribution in [0.1, 0.15) is 117 Å². The fourth-order valence-electron chi connectivity index (χ4n) is 4.12. The van der Waals surface area contributed by atoms with Gasteiger partial charge in [-0.05, 0) is 25.7 Å². The Labute approximate surface area is 199 Å². The molecule has 2 aromatic rings. The standard InChI is InChI=1S/C16H31N2.C12H23N2/c1-3-4-5-6-7-8-9-10-11-12-13-18-15-14-17(2)16-18;1-3-4-5-6-7-8-9-14-11-10-13(2)12-14/h14-16H,3-13H2,1-2H3;10-12H,3-9H2,1-2H3/q2*+1. The van der Waals surface area contributed by atoms with Crippen LogP contribution in [0.4, 0.5) is 0 Å². The molecule has 0 bridgehead atoms. The largest absolute Gasteiger partial charge is 0.243 e. The van der Waals surface area contributed by atoms with E-state index in [0.29, 0.717) is 0 Å². The van der Waals surface area contributed by atoms with E-state index < -0.39 is 0 Å². The number of nitrogens with zero attached hydrogens (tertiary/aromatic N) is 4. The van der Waals surface area contributed by atoms with E-state index in [2.05, 4.69) is 83.7 Å². The second kappa shape index (κ2) is 20.1. The lowest BCUT2D eigenvalue weighted by Gasteiger charge is -2.01. The van der Waals surface area contributed by atoms with E-state index in [1.54, 1.807) is 0 Å². The summed E-state index contributed by atoms with van der Waals surface area (Å²) in [6.45, 7) is 6.90. The molecule has 32 heavy (non-hydrogen) atoms. The van der Waals surface area contributed by atoms with E-state index in [1.807, 2.05) is 0 Å². The smallest absolute Gasteiger partial charge is 0.240 e. The van der Waals surface area contributed by atoms with Crippen LogP contribution in [0, 0.1) is 0 Å². The lowest BCUT2D eigenvalue weighted by molar-refractivity contribution is -0.671. The van der Waals surface area contributed by atoms with Crippen LogP contribution in [0.3, 0.4) is 0 Å². The summed E-state index contributed by atoms with van der Waals surface area (Å²) >= 11 is 0.